The molecule has 7 nitrogen and oxygen atoms in total. The van der Waals surface area contributed by atoms with Gasteiger partial charge >= 0.3 is 0 Å². The number of aliphatic hydroxyl groups excluding tert-OH is 1. The predicted molar refractivity (Wildman–Crippen MR) is 117 cm³/mol. The molecule has 5 rings (SSSR count). The minimum absolute atomic E-state index is 0.197. The lowest BCUT2D eigenvalue weighted by atomic mass is 9.88. The zero-order chi connectivity index (χ0) is 21.4. The zero-order valence-electron chi connectivity index (χ0n) is 16.6. The van der Waals surface area contributed by atoms with Gasteiger partial charge in [0, 0.05) is 23.3 Å². The summed E-state index contributed by atoms with van der Waals surface area (Å²) >= 11 is 6.76. The van der Waals surface area contributed by atoms with E-state index in [0.29, 0.717) is 30.2 Å². The van der Waals surface area contributed by atoms with Crippen molar-refractivity contribution in [3.63, 3.8) is 0 Å². The average Bonchev–Trinajstić information content (AvgIpc) is 3.17. The molecule has 156 valence electrons. The van der Waals surface area contributed by atoms with Crippen molar-refractivity contribution < 1.29 is 9.90 Å². The first-order valence-corrected chi connectivity index (χ1v) is 10.5. The molecular formula is C23H20ClN5O2. The first-order chi connectivity index (χ1) is 15.1. The zero-order valence-corrected chi connectivity index (χ0v) is 17.3. The number of amides is 1. The van der Waals surface area contributed by atoms with E-state index < -0.39 is 6.23 Å². The predicted octanol–water partition coefficient (Wildman–Crippen LogP) is 3.51. The number of benzene rings is 2. The summed E-state index contributed by atoms with van der Waals surface area (Å²) in [5.74, 6) is 0.133. The second kappa shape index (κ2) is 8.09. The van der Waals surface area contributed by atoms with Crippen LogP contribution in [0.4, 0.5) is 0 Å². The fourth-order valence-corrected chi connectivity index (χ4v) is 4.42. The largest absolute Gasteiger partial charge is 0.374 e. The minimum atomic E-state index is -0.786. The molecule has 2 N–H and O–H groups in total. The smallest absolute Gasteiger partial charge is 0.229 e. The summed E-state index contributed by atoms with van der Waals surface area (Å²) in [7, 11) is 0. The van der Waals surface area contributed by atoms with E-state index in [2.05, 4.69) is 20.4 Å². The van der Waals surface area contributed by atoms with Crippen molar-refractivity contribution in [2.45, 2.75) is 31.5 Å². The molecule has 1 fully saturated rings. The lowest BCUT2D eigenvalue weighted by Gasteiger charge is -2.27. The van der Waals surface area contributed by atoms with Crippen molar-refractivity contribution >= 4 is 28.4 Å². The standard InChI is InChI=1S/C23H20ClN5O2/c24-22-16(3-1-4-17(22)18-6-8-21(30)28-23(18)31)14-5-7-19-15(11-14)12-27-29(19)13-20-25-9-2-10-26-20/h1-5,7,9-12,18,21,30H,6,8,13H2,(H,28,31). The van der Waals surface area contributed by atoms with Crippen LogP contribution in [0.25, 0.3) is 22.0 Å². The van der Waals surface area contributed by atoms with E-state index in [-0.39, 0.29) is 11.8 Å². The van der Waals surface area contributed by atoms with Crippen LogP contribution < -0.4 is 5.32 Å². The summed E-state index contributed by atoms with van der Waals surface area (Å²) in [5, 5.41) is 18.3. The maximum Gasteiger partial charge on any atom is 0.229 e. The Kier molecular flexibility index (Phi) is 5.13. The number of halogens is 1. The molecule has 1 saturated heterocycles. The number of aliphatic hydroxyl groups is 1. The van der Waals surface area contributed by atoms with E-state index in [0.717, 1.165) is 27.6 Å². The molecule has 8 heteroatoms. The van der Waals surface area contributed by atoms with E-state index in [1.165, 1.54) is 0 Å². The molecule has 1 aliphatic rings. The number of nitrogens with zero attached hydrogens (tertiary/aromatic N) is 4. The quantitative estimate of drug-likeness (QED) is 0.513. The lowest BCUT2D eigenvalue weighted by molar-refractivity contribution is -0.128. The fourth-order valence-electron chi connectivity index (χ4n) is 4.06. The molecule has 0 aliphatic carbocycles. The van der Waals surface area contributed by atoms with Gasteiger partial charge in [0.25, 0.3) is 0 Å². The molecule has 31 heavy (non-hydrogen) atoms. The number of hydrogen-bond donors (Lipinski definition) is 2. The van der Waals surface area contributed by atoms with Gasteiger partial charge in [-0.15, -0.1) is 0 Å². The summed E-state index contributed by atoms with van der Waals surface area (Å²) in [5.41, 5.74) is 3.56. The Balaban J connectivity index is 1.48. The third-order valence-corrected chi connectivity index (χ3v) is 6.04. The molecule has 3 heterocycles. The number of piperidine rings is 1. The van der Waals surface area contributed by atoms with E-state index in [1.807, 2.05) is 47.3 Å². The monoisotopic (exact) mass is 433 g/mol. The Morgan fingerprint density at radius 3 is 2.77 bits per heavy atom. The molecule has 0 saturated carbocycles. The third-order valence-electron chi connectivity index (χ3n) is 5.62. The van der Waals surface area contributed by atoms with Crippen LogP contribution in [0.3, 0.4) is 0 Å². The van der Waals surface area contributed by atoms with Crippen LogP contribution >= 0.6 is 11.6 Å². The van der Waals surface area contributed by atoms with Crippen LogP contribution in [0.2, 0.25) is 5.02 Å². The van der Waals surface area contributed by atoms with Gasteiger partial charge in [0.1, 0.15) is 18.6 Å². The molecule has 1 aliphatic heterocycles. The number of nitrogens with one attached hydrogen (secondary N) is 1. The Hall–Kier alpha value is -3.29. The highest BCUT2D eigenvalue weighted by molar-refractivity contribution is 6.34. The van der Waals surface area contributed by atoms with E-state index >= 15 is 0 Å². The number of rotatable bonds is 4. The SMILES string of the molecule is O=C1NC(O)CCC1c1cccc(-c2ccc3c(cnn3Cc3ncccn3)c2)c1Cl. The Morgan fingerprint density at radius 1 is 1.13 bits per heavy atom. The van der Waals surface area contributed by atoms with Gasteiger partial charge in [0.15, 0.2) is 0 Å². The first-order valence-electron chi connectivity index (χ1n) is 10.1. The van der Waals surface area contributed by atoms with E-state index in [1.54, 1.807) is 18.5 Å². The number of fused-ring (bicyclic) bond motifs is 1. The first kappa shape index (κ1) is 19.7. The highest BCUT2D eigenvalue weighted by Crippen LogP contribution is 2.38. The maximum atomic E-state index is 12.4. The van der Waals surface area contributed by atoms with Crippen LogP contribution in [0, 0.1) is 0 Å². The number of aromatic nitrogens is 4. The molecule has 0 spiro atoms. The highest BCUT2D eigenvalue weighted by Gasteiger charge is 2.30. The molecule has 0 bridgehead atoms. The van der Waals surface area contributed by atoms with Crippen LogP contribution in [0.1, 0.15) is 30.1 Å². The lowest BCUT2D eigenvalue weighted by Crippen LogP contribution is -2.42. The summed E-state index contributed by atoms with van der Waals surface area (Å²) in [6, 6.07) is 13.6. The van der Waals surface area contributed by atoms with E-state index in [4.69, 9.17) is 11.6 Å². The summed E-state index contributed by atoms with van der Waals surface area (Å²) in [4.78, 5) is 20.9. The third kappa shape index (κ3) is 3.78. The summed E-state index contributed by atoms with van der Waals surface area (Å²) in [6.45, 7) is 0.489. The van der Waals surface area contributed by atoms with Gasteiger partial charge in [0.05, 0.1) is 22.7 Å². The maximum absolute atomic E-state index is 12.4. The Bertz CT molecular complexity index is 1260. The molecule has 2 aromatic carbocycles. The topological polar surface area (TPSA) is 92.9 Å². The summed E-state index contributed by atoms with van der Waals surface area (Å²) in [6.07, 6.45) is 5.53. The Labute approximate surface area is 183 Å². The second-order valence-electron chi connectivity index (χ2n) is 7.60. The minimum Gasteiger partial charge on any atom is -0.374 e. The number of carbonyl (C=O) groups excluding carboxylic acids is 1. The van der Waals surface area contributed by atoms with Gasteiger partial charge in [-0.25, -0.2) is 9.97 Å². The highest BCUT2D eigenvalue weighted by atomic mass is 35.5. The van der Waals surface area contributed by atoms with Gasteiger partial charge in [-0.2, -0.15) is 5.10 Å². The second-order valence-corrected chi connectivity index (χ2v) is 7.98. The molecule has 1 amide bonds. The number of hydrogen-bond acceptors (Lipinski definition) is 5. The average molecular weight is 434 g/mol. The van der Waals surface area contributed by atoms with Crippen molar-refractivity contribution in [3.05, 3.63) is 77.5 Å². The summed E-state index contributed by atoms with van der Waals surface area (Å²) < 4.78 is 1.87. The van der Waals surface area contributed by atoms with Gasteiger partial charge < -0.3 is 10.4 Å². The van der Waals surface area contributed by atoms with Gasteiger partial charge in [0.2, 0.25) is 5.91 Å². The number of carbonyl (C=O) groups is 1. The van der Waals surface area contributed by atoms with Gasteiger partial charge in [-0.3, -0.25) is 9.48 Å². The van der Waals surface area contributed by atoms with Crippen molar-refractivity contribution in [2.24, 2.45) is 0 Å². The molecule has 4 aromatic rings. The molecule has 0 radical (unpaired) electrons. The van der Waals surface area contributed by atoms with E-state index in [9.17, 15) is 9.90 Å². The van der Waals surface area contributed by atoms with Crippen LogP contribution in [-0.2, 0) is 11.3 Å². The fraction of sp³-hybridized carbons (Fsp3) is 0.217. The molecule has 2 aromatic heterocycles. The normalized spacial score (nSPS) is 18.8. The van der Waals surface area contributed by atoms with Gasteiger partial charge in [-0.05, 0) is 42.2 Å². The molecule has 2 atom stereocenters. The van der Waals surface area contributed by atoms with Crippen LogP contribution in [0.5, 0.6) is 0 Å². The van der Waals surface area contributed by atoms with Crippen LogP contribution in [-0.4, -0.2) is 37.0 Å². The van der Waals surface area contributed by atoms with Crippen molar-refractivity contribution in [1.82, 2.24) is 25.1 Å². The van der Waals surface area contributed by atoms with Crippen molar-refractivity contribution in [2.75, 3.05) is 0 Å². The van der Waals surface area contributed by atoms with Crippen LogP contribution in [0.15, 0.2) is 61.1 Å². The van der Waals surface area contributed by atoms with Gasteiger partial charge in [-0.1, -0.05) is 35.9 Å². The molecule has 2 unspecified atom stereocenters. The van der Waals surface area contributed by atoms with Crippen molar-refractivity contribution in [3.8, 4) is 11.1 Å². The molecular weight excluding hydrogens is 414 g/mol. The Morgan fingerprint density at radius 2 is 1.97 bits per heavy atom. The van der Waals surface area contributed by atoms with Crippen molar-refractivity contribution in [1.29, 1.82) is 0 Å².